The normalized spacial score (nSPS) is 36.0. The number of hydrogen-bond acceptors (Lipinski definition) is 3. The Morgan fingerprint density at radius 1 is 1.85 bits per heavy atom. The number of rotatable bonds is 4. The molecule has 1 fully saturated rings. The van der Waals surface area contributed by atoms with Crippen LogP contribution in [0.3, 0.4) is 0 Å². The molecule has 1 heterocycles. The van der Waals surface area contributed by atoms with Crippen molar-refractivity contribution < 1.29 is 18.7 Å². The minimum Gasteiger partial charge on any atom is -0.372 e. The van der Waals surface area contributed by atoms with Gasteiger partial charge in [-0.2, -0.15) is 0 Å². The van der Waals surface area contributed by atoms with Gasteiger partial charge in [0.15, 0.2) is 0 Å². The van der Waals surface area contributed by atoms with E-state index in [4.69, 9.17) is 9.63 Å². The lowest BCUT2D eigenvalue weighted by molar-refractivity contribution is 0.0180. The molecule has 1 unspecified atom stereocenters. The summed E-state index contributed by atoms with van der Waals surface area (Å²) in [4.78, 5) is 8.48. The maximum Gasteiger partial charge on any atom is 0.316 e. The second-order valence-corrected chi connectivity index (χ2v) is 4.02. The van der Waals surface area contributed by atoms with E-state index >= 15 is 0 Å². The second-order valence-electron chi connectivity index (χ2n) is 3.20. The van der Waals surface area contributed by atoms with Crippen molar-refractivity contribution in [2.24, 2.45) is 5.92 Å². The van der Waals surface area contributed by atoms with E-state index in [1.54, 1.807) is 0 Å². The van der Waals surface area contributed by atoms with Gasteiger partial charge in [-0.25, -0.2) is 0 Å². The minimum absolute atomic E-state index is 0.117. The zero-order valence-corrected chi connectivity index (χ0v) is 8.60. The highest BCUT2D eigenvalue weighted by Crippen LogP contribution is 2.29. The van der Waals surface area contributed by atoms with Crippen molar-refractivity contribution in [3.05, 3.63) is 12.7 Å². The van der Waals surface area contributed by atoms with Crippen LogP contribution in [0.2, 0.25) is 0 Å². The van der Waals surface area contributed by atoms with E-state index in [1.165, 1.54) is 0 Å². The van der Waals surface area contributed by atoms with Crippen LogP contribution in [0.5, 0.6) is 0 Å². The van der Waals surface area contributed by atoms with Gasteiger partial charge in [-0.05, 0) is 13.3 Å². The first-order valence-corrected chi connectivity index (χ1v) is 5.53. The monoisotopic (exact) mass is 206 g/mol. The molecule has 4 atom stereocenters. The van der Waals surface area contributed by atoms with Gasteiger partial charge in [0, 0.05) is 5.92 Å². The van der Waals surface area contributed by atoms with Crippen LogP contribution in [0.4, 0.5) is 0 Å². The minimum atomic E-state index is -2.83. The first-order valence-electron chi connectivity index (χ1n) is 4.27. The van der Waals surface area contributed by atoms with Gasteiger partial charge in [0.05, 0.1) is 18.8 Å². The van der Waals surface area contributed by atoms with Crippen molar-refractivity contribution in [3.63, 3.8) is 0 Å². The molecule has 0 aromatic rings. The molecule has 1 aliphatic heterocycles. The van der Waals surface area contributed by atoms with Gasteiger partial charge in [0.25, 0.3) is 0 Å². The molecule has 0 saturated carbocycles. The summed E-state index contributed by atoms with van der Waals surface area (Å²) in [7, 11) is -2.83. The van der Waals surface area contributed by atoms with Crippen molar-refractivity contribution in [1.29, 1.82) is 0 Å². The Labute approximate surface area is 78.5 Å². The van der Waals surface area contributed by atoms with Crippen LogP contribution < -0.4 is 0 Å². The first kappa shape index (κ1) is 10.9. The van der Waals surface area contributed by atoms with E-state index in [1.807, 2.05) is 13.0 Å². The molecular weight excluding hydrogens is 191 g/mol. The van der Waals surface area contributed by atoms with Gasteiger partial charge in [0.2, 0.25) is 0 Å². The zero-order valence-electron chi connectivity index (χ0n) is 7.60. The summed E-state index contributed by atoms with van der Waals surface area (Å²) in [6.45, 7) is 5.83. The standard InChI is InChI=1S/C8H15O4P/c1-3-7-4-6(2)12-8(7)5-11-13(9)10/h3,6-8,13H,1,4-5H2,2H3,(H,9,10)/t6-,7-,8+/m0/s1. The molecule has 0 aromatic heterocycles. The molecule has 1 rings (SSSR count). The van der Waals surface area contributed by atoms with Crippen LogP contribution >= 0.6 is 8.25 Å². The van der Waals surface area contributed by atoms with Crippen molar-refractivity contribution in [2.75, 3.05) is 6.61 Å². The Kier molecular flexibility index (Phi) is 4.13. The summed E-state index contributed by atoms with van der Waals surface area (Å²) in [6, 6.07) is 0. The lowest BCUT2D eigenvalue weighted by Crippen LogP contribution is -2.19. The number of ether oxygens (including phenoxy) is 1. The van der Waals surface area contributed by atoms with E-state index in [2.05, 4.69) is 11.1 Å². The summed E-state index contributed by atoms with van der Waals surface area (Å²) in [5, 5.41) is 0. The Balaban J connectivity index is 2.39. The summed E-state index contributed by atoms with van der Waals surface area (Å²) in [5.41, 5.74) is 0. The summed E-state index contributed by atoms with van der Waals surface area (Å²) < 4.78 is 20.4. The molecule has 5 heteroatoms. The highest BCUT2D eigenvalue weighted by molar-refractivity contribution is 7.32. The van der Waals surface area contributed by atoms with Gasteiger partial charge >= 0.3 is 8.25 Å². The Morgan fingerprint density at radius 3 is 3.08 bits per heavy atom. The van der Waals surface area contributed by atoms with Crippen molar-refractivity contribution in [1.82, 2.24) is 0 Å². The fourth-order valence-electron chi connectivity index (χ4n) is 1.55. The number of hydrogen-bond donors (Lipinski definition) is 1. The zero-order chi connectivity index (χ0) is 9.84. The molecule has 0 aromatic carbocycles. The van der Waals surface area contributed by atoms with E-state index in [-0.39, 0.29) is 24.7 Å². The molecule has 0 amide bonds. The van der Waals surface area contributed by atoms with Crippen LogP contribution in [0.15, 0.2) is 12.7 Å². The molecule has 76 valence electrons. The second kappa shape index (κ2) is 4.91. The molecular formula is C8H15O4P. The molecule has 1 saturated heterocycles. The van der Waals surface area contributed by atoms with Gasteiger partial charge in [-0.3, -0.25) is 4.57 Å². The van der Waals surface area contributed by atoms with E-state index in [0.717, 1.165) is 6.42 Å². The lowest BCUT2D eigenvalue weighted by atomic mass is 10.0. The Morgan fingerprint density at radius 2 is 2.54 bits per heavy atom. The van der Waals surface area contributed by atoms with Gasteiger partial charge in [-0.15, -0.1) is 6.58 Å². The lowest BCUT2D eigenvalue weighted by Gasteiger charge is -2.13. The first-order chi connectivity index (χ1) is 6.13. The third-order valence-electron chi connectivity index (χ3n) is 2.16. The van der Waals surface area contributed by atoms with Gasteiger partial charge in [-0.1, -0.05) is 6.08 Å². The van der Waals surface area contributed by atoms with E-state index < -0.39 is 8.25 Å². The topological polar surface area (TPSA) is 55.8 Å². The Hall–Kier alpha value is -0.150. The summed E-state index contributed by atoms with van der Waals surface area (Å²) in [6.07, 6.45) is 2.78. The fraction of sp³-hybridized carbons (Fsp3) is 0.750. The fourth-order valence-corrected chi connectivity index (χ4v) is 1.86. The van der Waals surface area contributed by atoms with Crippen molar-refractivity contribution >= 4 is 8.25 Å². The van der Waals surface area contributed by atoms with Crippen LogP contribution in [-0.4, -0.2) is 23.7 Å². The van der Waals surface area contributed by atoms with Crippen LogP contribution in [0.1, 0.15) is 13.3 Å². The quantitative estimate of drug-likeness (QED) is 0.557. The molecule has 0 aliphatic carbocycles. The predicted octanol–water partition coefficient (Wildman–Crippen LogP) is 1.36. The van der Waals surface area contributed by atoms with Crippen LogP contribution in [0.25, 0.3) is 0 Å². The SMILES string of the molecule is C=C[C@H]1C[C@H](C)O[C@@H]1CO[PH](=O)O. The average molecular weight is 206 g/mol. The average Bonchev–Trinajstić information content (AvgIpc) is 2.42. The van der Waals surface area contributed by atoms with Gasteiger partial charge in [0.1, 0.15) is 0 Å². The van der Waals surface area contributed by atoms with Crippen molar-refractivity contribution in [3.8, 4) is 0 Å². The third kappa shape index (κ3) is 3.24. The maximum atomic E-state index is 10.3. The van der Waals surface area contributed by atoms with E-state index in [0.29, 0.717) is 0 Å². The van der Waals surface area contributed by atoms with E-state index in [9.17, 15) is 4.57 Å². The summed E-state index contributed by atoms with van der Waals surface area (Å²) in [5.74, 6) is 0.233. The molecule has 4 nitrogen and oxygen atoms in total. The maximum absolute atomic E-state index is 10.3. The molecule has 0 radical (unpaired) electrons. The molecule has 0 bridgehead atoms. The predicted molar refractivity (Wildman–Crippen MR) is 49.8 cm³/mol. The van der Waals surface area contributed by atoms with Crippen LogP contribution in [0, 0.1) is 5.92 Å². The molecule has 13 heavy (non-hydrogen) atoms. The Bertz CT molecular complexity index is 206. The third-order valence-corrected chi connectivity index (χ3v) is 2.58. The smallest absolute Gasteiger partial charge is 0.316 e. The highest BCUT2D eigenvalue weighted by Gasteiger charge is 2.31. The van der Waals surface area contributed by atoms with Crippen molar-refractivity contribution in [2.45, 2.75) is 25.6 Å². The highest BCUT2D eigenvalue weighted by atomic mass is 31.1. The summed E-state index contributed by atoms with van der Waals surface area (Å²) >= 11 is 0. The largest absolute Gasteiger partial charge is 0.372 e. The molecule has 1 aliphatic rings. The molecule has 1 N–H and O–H groups in total. The van der Waals surface area contributed by atoms with Gasteiger partial charge < -0.3 is 14.2 Å². The van der Waals surface area contributed by atoms with Crippen LogP contribution in [-0.2, 0) is 13.8 Å². The molecule has 0 spiro atoms.